The van der Waals surface area contributed by atoms with Gasteiger partial charge in [0.1, 0.15) is 6.04 Å². The summed E-state index contributed by atoms with van der Waals surface area (Å²) >= 11 is 1.48. The third-order valence-electron chi connectivity index (χ3n) is 5.48. The number of rotatable bonds is 7. The van der Waals surface area contributed by atoms with E-state index in [1.165, 1.54) is 16.2 Å². The van der Waals surface area contributed by atoms with Crippen LogP contribution in [0.5, 0.6) is 0 Å². The molecule has 4 N–H and O–H groups in total. The Labute approximate surface area is 165 Å². The summed E-state index contributed by atoms with van der Waals surface area (Å²) < 4.78 is 35.6. The molecule has 3 atom stereocenters. The molecule has 154 valence electrons. The van der Waals surface area contributed by atoms with E-state index in [1.807, 2.05) is 17.5 Å². The van der Waals surface area contributed by atoms with Gasteiger partial charge in [0.15, 0.2) is 0 Å². The number of carbonyl (C=O) groups is 2. The molecule has 2 bridgehead atoms. The van der Waals surface area contributed by atoms with Crippen molar-refractivity contribution >= 4 is 33.7 Å². The number of fused-ring (bicyclic) bond motifs is 3. The number of nitrogens with one attached hydrogen (secondary N) is 1. The largest absolute Gasteiger partial charge is 0.418 e. The minimum atomic E-state index is -4.84. The summed E-state index contributed by atoms with van der Waals surface area (Å²) in [6.07, 6.45) is 1.83. The van der Waals surface area contributed by atoms with Crippen molar-refractivity contribution in [3.05, 3.63) is 22.4 Å². The second kappa shape index (κ2) is 6.93. The van der Waals surface area contributed by atoms with E-state index < -0.39 is 45.9 Å². The SMILES string of the molecule is NC(CONC(=O)C1CC2(CC2)C2CN1C(=O)N2OS(=O)(=O)O)c1cccs1. The fourth-order valence-electron chi connectivity index (χ4n) is 3.91. The van der Waals surface area contributed by atoms with Crippen molar-refractivity contribution in [2.45, 2.75) is 37.4 Å². The minimum absolute atomic E-state index is 0.0681. The highest BCUT2D eigenvalue weighted by molar-refractivity contribution is 7.80. The van der Waals surface area contributed by atoms with Crippen LogP contribution in [0, 0.1) is 5.41 Å². The number of piperidine rings is 1. The predicted molar refractivity (Wildman–Crippen MR) is 95.8 cm³/mol. The molecule has 1 aliphatic carbocycles. The Morgan fingerprint density at radius 2 is 2.25 bits per heavy atom. The third kappa shape index (κ3) is 3.60. The fourth-order valence-corrected chi connectivity index (χ4v) is 4.99. The van der Waals surface area contributed by atoms with Crippen LogP contribution in [-0.2, 0) is 24.3 Å². The number of nitrogens with zero attached hydrogens (tertiary/aromatic N) is 2. The van der Waals surface area contributed by atoms with Crippen molar-refractivity contribution in [2.24, 2.45) is 11.1 Å². The maximum atomic E-state index is 12.6. The van der Waals surface area contributed by atoms with Gasteiger partial charge in [-0.2, -0.15) is 13.5 Å². The third-order valence-corrected chi connectivity index (χ3v) is 6.84. The summed E-state index contributed by atoms with van der Waals surface area (Å²) in [5, 5.41) is 2.56. The lowest BCUT2D eigenvalue weighted by Crippen LogP contribution is -2.52. The molecule has 1 spiro atoms. The smallest absolute Gasteiger partial charge is 0.321 e. The van der Waals surface area contributed by atoms with Gasteiger partial charge in [0.05, 0.1) is 18.7 Å². The molecule has 3 aliphatic rings. The van der Waals surface area contributed by atoms with Crippen LogP contribution >= 0.6 is 11.3 Å². The lowest BCUT2D eigenvalue weighted by molar-refractivity contribution is -0.140. The molecule has 11 nitrogen and oxygen atoms in total. The van der Waals surface area contributed by atoms with Crippen LogP contribution in [0.2, 0.25) is 0 Å². The molecule has 0 aromatic carbocycles. The van der Waals surface area contributed by atoms with Crippen molar-refractivity contribution < 1.29 is 31.7 Å². The highest BCUT2D eigenvalue weighted by Crippen LogP contribution is 2.59. The minimum Gasteiger partial charge on any atom is -0.321 e. The molecule has 28 heavy (non-hydrogen) atoms. The van der Waals surface area contributed by atoms with Gasteiger partial charge in [-0.3, -0.25) is 14.2 Å². The molecule has 3 heterocycles. The Balaban J connectivity index is 1.40. The molecule has 13 heteroatoms. The molecule has 0 radical (unpaired) electrons. The molecule has 1 aromatic heterocycles. The van der Waals surface area contributed by atoms with Gasteiger partial charge in [-0.25, -0.2) is 10.3 Å². The molecular weight excluding hydrogens is 412 g/mol. The van der Waals surface area contributed by atoms with Crippen LogP contribution in [-0.4, -0.2) is 60.1 Å². The van der Waals surface area contributed by atoms with E-state index in [2.05, 4.69) is 9.76 Å². The molecule has 3 unspecified atom stereocenters. The molecule has 2 saturated heterocycles. The van der Waals surface area contributed by atoms with Crippen molar-refractivity contribution in [1.82, 2.24) is 15.4 Å². The second-order valence-corrected chi connectivity index (χ2v) is 9.24. The molecule has 2 aliphatic heterocycles. The van der Waals surface area contributed by atoms with Crippen molar-refractivity contribution in [2.75, 3.05) is 13.2 Å². The number of carbonyl (C=O) groups excluding carboxylic acids is 2. The Hall–Kier alpha value is -1.77. The summed E-state index contributed by atoms with van der Waals surface area (Å²) in [7, 11) is -4.84. The Bertz CT molecular complexity index is 871. The van der Waals surface area contributed by atoms with E-state index in [0.717, 1.165) is 17.7 Å². The first-order valence-corrected chi connectivity index (χ1v) is 10.9. The quantitative estimate of drug-likeness (QED) is 0.408. The van der Waals surface area contributed by atoms with Crippen LogP contribution in [0.1, 0.15) is 30.2 Å². The van der Waals surface area contributed by atoms with Crippen LogP contribution < -0.4 is 11.2 Å². The van der Waals surface area contributed by atoms with Crippen molar-refractivity contribution in [3.8, 4) is 0 Å². The first-order chi connectivity index (χ1) is 13.2. The van der Waals surface area contributed by atoms with Gasteiger partial charge >= 0.3 is 16.4 Å². The normalized spacial score (nSPS) is 26.6. The summed E-state index contributed by atoms with van der Waals surface area (Å²) in [4.78, 5) is 32.5. The zero-order valence-electron chi connectivity index (χ0n) is 14.7. The summed E-state index contributed by atoms with van der Waals surface area (Å²) in [6, 6.07) is 1.22. The summed E-state index contributed by atoms with van der Waals surface area (Å²) in [5.41, 5.74) is 7.92. The van der Waals surface area contributed by atoms with Gasteiger partial charge in [-0.15, -0.1) is 15.6 Å². The maximum Gasteiger partial charge on any atom is 0.418 e. The monoisotopic (exact) mass is 432 g/mol. The Morgan fingerprint density at radius 3 is 2.86 bits per heavy atom. The van der Waals surface area contributed by atoms with Gasteiger partial charge in [-0.1, -0.05) is 6.07 Å². The number of amides is 3. The molecule has 1 saturated carbocycles. The Morgan fingerprint density at radius 1 is 1.50 bits per heavy atom. The predicted octanol–water partition coefficient (Wildman–Crippen LogP) is 0.189. The second-order valence-electron chi connectivity index (χ2n) is 7.26. The van der Waals surface area contributed by atoms with E-state index >= 15 is 0 Å². The number of hydroxylamine groups is 3. The van der Waals surface area contributed by atoms with Gasteiger partial charge in [0.2, 0.25) is 0 Å². The van der Waals surface area contributed by atoms with E-state index in [9.17, 15) is 18.0 Å². The highest BCUT2D eigenvalue weighted by atomic mass is 32.3. The average molecular weight is 432 g/mol. The fraction of sp³-hybridized carbons (Fsp3) is 0.600. The van der Waals surface area contributed by atoms with Gasteiger partial charge in [0.25, 0.3) is 5.91 Å². The molecule has 3 amide bonds. The number of hydrogen-bond acceptors (Lipinski definition) is 8. The molecule has 4 rings (SSSR count). The maximum absolute atomic E-state index is 12.6. The van der Waals surface area contributed by atoms with Gasteiger partial charge < -0.3 is 10.6 Å². The molecular formula is C15H20N4O7S2. The highest BCUT2D eigenvalue weighted by Gasteiger charge is 2.65. The summed E-state index contributed by atoms with van der Waals surface area (Å²) in [6.45, 7) is 0.208. The standard InChI is InChI=1S/C15H20N4O7S2/c16-9(11-2-1-5-27-11)8-25-17-13(20)10-6-15(3-4-15)12-7-18(10)14(21)19(12)26-28(22,23)24/h1-2,5,9-10,12H,3-4,6-8,16H2,(H,17,20)(H,22,23,24). The number of urea groups is 1. The van der Waals surface area contributed by atoms with E-state index in [1.54, 1.807) is 0 Å². The van der Waals surface area contributed by atoms with Crippen LogP contribution in [0.3, 0.4) is 0 Å². The van der Waals surface area contributed by atoms with Gasteiger partial charge in [0, 0.05) is 11.4 Å². The first-order valence-electron chi connectivity index (χ1n) is 8.68. The van der Waals surface area contributed by atoms with E-state index in [0.29, 0.717) is 11.5 Å². The first kappa shape index (κ1) is 19.5. The molecule has 3 fully saturated rings. The Kier molecular flexibility index (Phi) is 4.84. The average Bonchev–Trinajstić information content (AvgIpc) is 3.07. The van der Waals surface area contributed by atoms with E-state index in [4.69, 9.17) is 15.1 Å². The topological polar surface area (TPSA) is 151 Å². The zero-order chi connectivity index (χ0) is 20.1. The lowest BCUT2D eigenvalue weighted by atomic mass is 9.85. The van der Waals surface area contributed by atoms with Crippen LogP contribution in [0.25, 0.3) is 0 Å². The van der Waals surface area contributed by atoms with E-state index in [-0.39, 0.29) is 13.2 Å². The lowest BCUT2D eigenvalue weighted by Gasteiger charge is -2.35. The van der Waals surface area contributed by atoms with Crippen LogP contribution in [0.15, 0.2) is 17.5 Å². The number of nitrogens with two attached hydrogens (primary N) is 1. The zero-order valence-corrected chi connectivity index (χ0v) is 16.3. The summed E-state index contributed by atoms with van der Waals surface area (Å²) in [5.74, 6) is -0.509. The van der Waals surface area contributed by atoms with Crippen LogP contribution in [0.4, 0.5) is 4.79 Å². The molecule has 1 aromatic rings. The number of thiophene rings is 1. The number of hydrogen-bond donors (Lipinski definition) is 3. The van der Waals surface area contributed by atoms with Crippen molar-refractivity contribution in [1.29, 1.82) is 0 Å². The van der Waals surface area contributed by atoms with Crippen molar-refractivity contribution in [3.63, 3.8) is 0 Å². The van der Waals surface area contributed by atoms with Gasteiger partial charge in [-0.05, 0) is 36.1 Å².